The van der Waals surface area contributed by atoms with E-state index in [2.05, 4.69) is 4.74 Å². The quantitative estimate of drug-likeness (QED) is 0.423. The van der Waals surface area contributed by atoms with Crippen LogP contribution in [0.2, 0.25) is 0 Å². The van der Waals surface area contributed by atoms with Gasteiger partial charge in [-0.3, -0.25) is 4.90 Å². The van der Waals surface area contributed by atoms with Crippen LogP contribution in [0.3, 0.4) is 0 Å². The maximum atomic E-state index is 13.6. The van der Waals surface area contributed by atoms with Crippen molar-refractivity contribution >= 4 is 21.8 Å². The summed E-state index contributed by atoms with van der Waals surface area (Å²) in [6.07, 6.45) is -19.4. The molecule has 0 unspecified atom stereocenters. The summed E-state index contributed by atoms with van der Waals surface area (Å²) >= 11 is 0. The Morgan fingerprint density at radius 2 is 1.47 bits per heavy atom. The molecule has 0 radical (unpaired) electrons. The van der Waals surface area contributed by atoms with Gasteiger partial charge in [0.1, 0.15) is 0 Å². The van der Waals surface area contributed by atoms with Crippen LogP contribution in [0.5, 0.6) is 0 Å². The van der Waals surface area contributed by atoms with E-state index in [1.54, 1.807) is 4.90 Å². The van der Waals surface area contributed by atoms with Crippen molar-refractivity contribution in [1.29, 1.82) is 0 Å². The molecular weight excluding hydrogens is 623 g/mol. The van der Waals surface area contributed by atoms with Gasteiger partial charge < -0.3 is 14.5 Å². The number of piperidine rings is 1. The summed E-state index contributed by atoms with van der Waals surface area (Å²) in [4.78, 5) is 16.8. The number of piperazine rings is 1. The van der Waals surface area contributed by atoms with Gasteiger partial charge in [0.25, 0.3) is 6.10 Å². The fraction of sp³-hybridized carbons (Fsp3) is 0.720. The predicted octanol–water partition coefficient (Wildman–Crippen LogP) is 4.85. The number of nitrogens with zero attached hydrogens (tertiary/aromatic N) is 4. The highest BCUT2D eigenvalue weighted by Crippen LogP contribution is 2.42. The molecule has 1 amide bonds. The fourth-order valence-corrected chi connectivity index (χ4v) is 6.87. The van der Waals surface area contributed by atoms with Crippen LogP contribution in [0.4, 0.5) is 50.0 Å². The monoisotopic (exact) mass is 654 g/mol. The predicted molar refractivity (Wildman–Crippen MR) is 136 cm³/mol. The molecule has 1 aromatic carbocycles. The lowest BCUT2D eigenvalue weighted by Gasteiger charge is -2.45. The molecule has 3 heterocycles. The summed E-state index contributed by atoms with van der Waals surface area (Å²) in [6, 6.07) is 3.36. The number of carbonyl (C=O) groups excluding carboxylic acids is 1. The lowest BCUT2D eigenvalue weighted by atomic mass is 9.84. The van der Waals surface area contributed by atoms with E-state index in [1.807, 2.05) is 4.90 Å². The summed E-state index contributed by atoms with van der Waals surface area (Å²) in [5.74, 6) is 0. The van der Waals surface area contributed by atoms with Gasteiger partial charge in [0.05, 0.1) is 11.8 Å². The number of benzene rings is 1. The number of sulfonamides is 1. The molecule has 1 spiro atoms. The van der Waals surface area contributed by atoms with E-state index < -0.39 is 51.9 Å². The van der Waals surface area contributed by atoms with Gasteiger partial charge in [-0.05, 0) is 49.9 Å². The summed E-state index contributed by atoms with van der Waals surface area (Å²) in [7, 11) is -3.47. The van der Waals surface area contributed by atoms with Crippen LogP contribution in [-0.4, -0.2) is 105 Å². The number of hydrogen-bond donors (Lipinski definition) is 0. The average Bonchev–Trinajstić information content (AvgIpc) is 3.26. The molecule has 8 nitrogen and oxygen atoms in total. The Morgan fingerprint density at radius 1 is 0.884 bits per heavy atom. The molecule has 0 atom stereocenters. The zero-order valence-electron chi connectivity index (χ0n) is 23.0. The Labute approximate surface area is 242 Å². The van der Waals surface area contributed by atoms with E-state index in [-0.39, 0.29) is 58.7 Å². The van der Waals surface area contributed by atoms with Crippen LogP contribution < -0.4 is 4.90 Å². The van der Waals surface area contributed by atoms with Gasteiger partial charge in [0.2, 0.25) is 10.0 Å². The first-order valence-electron chi connectivity index (χ1n) is 13.4. The van der Waals surface area contributed by atoms with E-state index in [1.165, 1.54) is 10.4 Å². The zero-order valence-corrected chi connectivity index (χ0v) is 23.8. The first kappa shape index (κ1) is 33.4. The SMILES string of the molecule is CS(=O)(=O)N1CCN(c2cc(C(F)(F)F)ccc2CN2CCCC23CCN(C(=O)OC(C(F)(F)F)C(F)(F)F)CC3)CC1. The number of amides is 1. The van der Waals surface area contributed by atoms with E-state index in [4.69, 9.17) is 0 Å². The van der Waals surface area contributed by atoms with Crippen LogP contribution in [-0.2, 0) is 27.5 Å². The number of carbonyl (C=O) groups is 1. The number of alkyl halides is 9. The van der Waals surface area contributed by atoms with E-state index in [9.17, 15) is 52.7 Å². The smallest absolute Gasteiger partial charge is 0.426 e. The summed E-state index contributed by atoms with van der Waals surface area (Å²) in [5, 5.41) is 0. The minimum absolute atomic E-state index is 0.0949. The minimum atomic E-state index is -5.83. The highest BCUT2D eigenvalue weighted by Gasteiger charge is 2.60. The van der Waals surface area contributed by atoms with E-state index in [0.29, 0.717) is 30.6 Å². The zero-order chi connectivity index (χ0) is 32.0. The third-order valence-electron chi connectivity index (χ3n) is 8.33. The van der Waals surface area contributed by atoms with Crippen LogP contribution in [0.15, 0.2) is 18.2 Å². The lowest BCUT2D eigenvalue weighted by Crippen LogP contribution is -2.54. The van der Waals surface area contributed by atoms with Gasteiger partial charge in [0.15, 0.2) is 0 Å². The number of halogens is 9. The molecule has 3 aliphatic heterocycles. The third-order valence-corrected chi connectivity index (χ3v) is 9.63. The molecule has 244 valence electrons. The Bertz CT molecular complexity index is 1260. The Kier molecular flexibility index (Phi) is 9.17. The van der Waals surface area contributed by atoms with Crippen LogP contribution in [0, 0.1) is 0 Å². The molecule has 0 N–H and O–H groups in total. The van der Waals surface area contributed by atoms with E-state index in [0.717, 1.165) is 23.3 Å². The second-order valence-electron chi connectivity index (χ2n) is 11.1. The Morgan fingerprint density at radius 3 is 1.98 bits per heavy atom. The molecule has 4 rings (SSSR count). The lowest BCUT2D eigenvalue weighted by molar-refractivity contribution is -0.308. The number of anilines is 1. The second-order valence-corrected chi connectivity index (χ2v) is 13.1. The molecule has 43 heavy (non-hydrogen) atoms. The molecule has 0 aliphatic carbocycles. The van der Waals surface area contributed by atoms with Crippen LogP contribution in [0.25, 0.3) is 0 Å². The minimum Gasteiger partial charge on any atom is -0.426 e. The van der Waals surface area contributed by atoms with Gasteiger partial charge >= 0.3 is 24.6 Å². The third kappa shape index (κ3) is 7.61. The van der Waals surface area contributed by atoms with Gasteiger partial charge in [-0.25, -0.2) is 13.2 Å². The van der Waals surface area contributed by atoms with Crippen molar-refractivity contribution in [2.24, 2.45) is 0 Å². The maximum Gasteiger partial charge on any atom is 0.434 e. The molecule has 0 saturated carbocycles. The van der Waals surface area contributed by atoms with Crippen LogP contribution in [0.1, 0.15) is 36.8 Å². The highest BCUT2D eigenvalue weighted by atomic mass is 32.2. The average molecular weight is 655 g/mol. The van der Waals surface area contributed by atoms with Gasteiger partial charge in [-0.1, -0.05) is 6.07 Å². The molecule has 0 aromatic heterocycles. The molecule has 0 bridgehead atoms. The molecule has 3 fully saturated rings. The standard InChI is InChI=1S/C25H31F9N4O4S/c1-43(40,41)38-13-11-35(12-14-38)19-15-18(23(26,27)28)4-3-17(19)16-37-8-2-5-22(37)6-9-36(10-7-22)21(39)42-20(24(29,30)31)25(32,33)34/h3-4,15,20H,2,5-14,16H2,1H3. The number of rotatable bonds is 5. The largest absolute Gasteiger partial charge is 0.434 e. The first-order valence-corrected chi connectivity index (χ1v) is 15.3. The van der Waals surface area contributed by atoms with Crippen molar-refractivity contribution in [3.05, 3.63) is 29.3 Å². The van der Waals surface area contributed by atoms with Crippen molar-refractivity contribution in [1.82, 2.24) is 14.1 Å². The fourth-order valence-electron chi connectivity index (χ4n) is 6.04. The second kappa shape index (κ2) is 11.8. The topological polar surface area (TPSA) is 73.4 Å². The maximum absolute atomic E-state index is 13.6. The van der Waals surface area contributed by atoms with E-state index >= 15 is 0 Å². The summed E-state index contributed by atoms with van der Waals surface area (Å²) in [5.41, 5.74) is -0.576. The van der Waals surface area contributed by atoms with Crippen molar-refractivity contribution < 1.29 is 57.5 Å². The summed E-state index contributed by atoms with van der Waals surface area (Å²) in [6.45, 7) is 0.942. The molecule has 3 saturated heterocycles. The molecular formula is C25H31F9N4O4S. The van der Waals surface area contributed by atoms with Gasteiger partial charge in [0, 0.05) is 57.0 Å². The first-order chi connectivity index (χ1) is 19.7. The van der Waals surface area contributed by atoms with Crippen molar-refractivity contribution in [2.45, 2.75) is 62.4 Å². The van der Waals surface area contributed by atoms with Crippen LogP contribution >= 0.6 is 0 Å². The van der Waals surface area contributed by atoms with Gasteiger partial charge in [-0.2, -0.15) is 43.8 Å². The number of likely N-dealkylation sites (tertiary alicyclic amines) is 2. The molecule has 18 heteroatoms. The Balaban J connectivity index is 1.49. The van der Waals surface area contributed by atoms with Gasteiger partial charge in [-0.15, -0.1) is 0 Å². The highest BCUT2D eigenvalue weighted by molar-refractivity contribution is 7.88. The van der Waals surface area contributed by atoms with Crippen molar-refractivity contribution in [3.63, 3.8) is 0 Å². The number of hydrogen-bond acceptors (Lipinski definition) is 6. The normalized spacial score (nSPS) is 21.2. The summed E-state index contributed by atoms with van der Waals surface area (Å²) < 4.78 is 147. The number of ether oxygens (including phenoxy) is 1. The molecule has 3 aliphatic rings. The Hall–Kier alpha value is -2.47. The van der Waals surface area contributed by atoms with Crippen molar-refractivity contribution in [3.8, 4) is 0 Å². The molecule has 1 aromatic rings. The van der Waals surface area contributed by atoms with Crippen molar-refractivity contribution in [2.75, 3.05) is 57.0 Å².